The molecule has 0 aromatic rings. The number of allylic oxidation sites excluding steroid dienone is 2. The van der Waals surface area contributed by atoms with E-state index in [-0.39, 0.29) is 28.3 Å². The summed E-state index contributed by atoms with van der Waals surface area (Å²) in [5, 5.41) is 31.7. The van der Waals surface area contributed by atoms with E-state index in [9.17, 15) is 20.1 Å². The van der Waals surface area contributed by atoms with Crippen LogP contribution in [0.25, 0.3) is 0 Å². The standard InChI is InChI=1S/C28H44O4.C2H4/c1-16-6-9-25(3)12-13-26(4)18(19(25)14-16)7-10-27(5)21(26)8-11-28(24(31)32)17(2)23(30)20(29)15-22(27)28;1-2/h16-19,21-22,29-30H,6-15H2,1-5H3,(H,31,32);1-2H2. The Hall–Kier alpha value is -1.45. The Bertz CT molecular complexity index is 864. The number of rotatable bonds is 1. The first-order valence-corrected chi connectivity index (χ1v) is 13.7. The van der Waals surface area contributed by atoms with Crippen LogP contribution in [0.4, 0.5) is 0 Å². The van der Waals surface area contributed by atoms with Crippen LogP contribution in [-0.2, 0) is 4.79 Å². The summed E-state index contributed by atoms with van der Waals surface area (Å²) in [7, 11) is 0. The molecule has 5 aliphatic carbocycles. The molecule has 5 aliphatic rings. The molecule has 0 spiro atoms. The van der Waals surface area contributed by atoms with Gasteiger partial charge in [0.25, 0.3) is 0 Å². The Kier molecular flexibility index (Phi) is 6.26. The molecular formula is C30H48O4. The van der Waals surface area contributed by atoms with E-state index in [0.717, 1.165) is 30.6 Å². The third-order valence-corrected chi connectivity index (χ3v) is 12.5. The first-order valence-electron chi connectivity index (χ1n) is 13.7. The number of fused-ring (bicyclic) bond motifs is 7. The lowest BCUT2D eigenvalue weighted by molar-refractivity contribution is -0.223. The minimum Gasteiger partial charge on any atom is -0.509 e. The molecule has 4 saturated carbocycles. The smallest absolute Gasteiger partial charge is 0.310 e. The number of aliphatic hydroxyl groups is 2. The predicted molar refractivity (Wildman–Crippen MR) is 136 cm³/mol. The normalized spacial score (nSPS) is 52.1. The second-order valence-corrected chi connectivity index (χ2v) is 13.5. The minimum absolute atomic E-state index is 0.0332. The summed E-state index contributed by atoms with van der Waals surface area (Å²) in [4.78, 5) is 12.8. The Morgan fingerprint density at radius 1 is 0.853 bits per heavy atom. The van der Waals surface area contributed by atoms with Gasteiger partial charge in [0, 0.05) is 12.3 Å². The highest BCUT2D eigenvalue weighted by atomic mass is 16.4. The molecule has 0 aromatic heterocycles. The number of hydrogen-bond acceptors (Lipinski definition) is 3. The van der Waals surface area contributed by atoms with E-state index in [0.29, 0.717) is 24.2 Å². The van der Waals surface area contributed by atoms with Crippen molar-refractivity contribution in [3.63, 3.8) is 0 Å². The molecule has 0 aromatic carbocycles. The molecule has 34 heavy (non-hydrogen) atoms. The fraction of sp³-hybridized carbons (Fsp3) is 0.833. The van der Waals surface area contributed by atoms with Crippen molar-refractivity contribution >= 4 is 5.97 Å². The van der Waals surface area contributed by atoms with Crippen LogP contribution in [0, 0.1) is 57.2 Å². The van der Waals surface area contributed by atoms with Crippen molar-refractivity contribution in [1.82, 2.24) is 0 Å². The average molecular weight is 473 g/mol. The number of carboxylic acid groups (broad SMARTS) is 1. The zero-order chi connectivity index (χ0) is 25.3. The van der Waals surface area contributed by atoms with Crippen LogP contribution in [0.5, 0.6) is 0 Å². The maximum Gasteiger partial charge on any atom is 0.310 e. The van der Waals surface area contributed by atoms with Crippen molar-refractivity contribution in [3.8, 4) is 0 Å². The number of aliphatic carboxylic acids is 1. The third-order valence-electron chi connectivity index (χ3n) is 12.5. The summed E-state index contributed by atoms with van der Waals surface area (Å²) >= 11 is 0. The zero-order valence-electron chi connectivity index (χ0n) is 22.2. The molecule has 10 atom stereocenters. The van der Waals surface area contributed by atoms with Crippen LogP contribution in [0.15, 0.2) is 24.7 Å². The van der Waals surface area contributed by atoms with Crippen molar-refractivity contribution < 1.29 is 20.1 Å². The van der Waals surface area contributed by atoms with Gasteiger partial charge in [-0.3, -0.25) is 4.79 Å². The monoisotopic (exact) mass is 472 g/mol. The van der Waals surface area contributed by atoms with Crippen molar-refractivity contribution in [3.05, 3.63) is 24.7 Å². The second kappa shape index (κ2) is 8.30. The predicted octanol–water partition coefficient (Wildman–Crippen LogP) is 7.91. The summed E-state index contributed by atoms with van der Waals surface area (Å²) in [6.07, 6.45) is 10.8. The van der Waals surface area contributed by atoms with Gasteiger partial charge < -0.3 is 15.3 Å². The first-order chi connectivity index (χ1) is 15.9. The van der Waals surface area contributed by atoms with Crippen molar-refractivity contribution in [2.75, 3.05) is 0 Å². The fourth-order valence-corrected chi connectivity index (χ4v) is 10.5. The van der Waals surface area contributed by atoms with Crippen LogP contribution in [0.3, 0.4) is 0 Å². The molecule has 0 radical (unpaired) electrons. The van der Waals surface area contributed by atoms with Gasteiger partial charge in [0.15, 0.2) is 0 Å². The van der Waals surface area contributed by atoms with E-state index >= 15 is 0 Å². The molecule has 0 amide bonds. The van der Waals surface area contributed by atoms with Gasteiger partial charge in [0.2, 0.25) is 0 Å². The largest absolute Gasteiger partial charge is 0.509 e. The average Bonchev–Trinajstić information content (AvgIpc) is 2.80. The van der Waals surface area contributed by atoms with E-state index in [4.69, 9.17) is 0 Å². The number of carboxylic acids is 1. The van der Waals surface area contributed by atoms with E-state index in [1.807, 2.05) is 6.92 Å². The van der Waals surface area contributed by atoms with Gasteiger partial charge in [-0.2, -0.15) is 0 Å². The number of carbonyl (C=O) groups is 1. The lowest BCUT2D eigenvalue weighted by atomic mass is 9.34. The van der Waals surface area contributed by atoms with Gasteiger partial charge in [-0.25, -0.2) is 0 Å². The summed E-state index contributed by atoms with van der Waals surface area (Å²) in [6, 6.07) is 0. The van der Waals surface area contributed by atoms with Gasteiger partial charge in [-0.15, -0.1) is 13.2 Å². The number of aliphatic hydroxyl groups excluding tert-OH is 2. The van der Waals surface area contributed by atoms with Crippen LogP contribution in [0.2, 0.25) is 0 Å². The zero-order valence-corrected chi connectivity index (χ0v) is 22.2. The third kappa shape index (κ3) is 3.18. The van der Waals surface area contributed by atoms with E-state index in [2.05, 4.69) is 40.9 Å². The van der Waals surface area contributed by atoms with E-state index in [1.54, 1.807) is 0 Å². The molecule has 192 valence electrons. The fourth-order valence-electron chi connectivity index (χ4n) is 10.5. The molecule has 4 heteroatoms. The summed E-state index contributed by atoms with van der Waals surface area (Å²) in [5.41, 5.74) is -0.344. The van der Waals surface area contributed by atoms with Gasteiger partial charge in [0.1, 0.15) is 11.5 Å². The summed E-state index contributed by atoms with van der Waals surface area (Å²) < 4.78 is 0. The number of hydrogen-bond donors (Lipinski definition) is 3. The van der Waals surface area contributed by atoms with Crippen LogP contribution in [-0.4, -0.2) is 21.3 Å². The SMILES string of the molecule is C=C.CC1CCC2(C)CCC3(C)C(CCC4(C)C3CCC3(C(=O)O)C(C)C(O)=C(O)CC43)C2C1. The highest BCUT2D eigenvalue weighted by Crippen LogP contribution is 2.74. The molecule has 3 N–H and O–H groups in total. The Morgan fingerprint density at radius 3 is 2.18 bits per heavy atom. The maximum atomic E-state index is 12.8. The van der Waals surface area contributed by atoms with Crippen molar-refractivity contribution in [2.45, 2.75) is 98.8 Å². The Labute approximate surface area is 206 Å². The van der Waals surface area contributed by atoms with Gasteiger partial charge in [-0.05, 0) is 97.2 Å². The Morgan fingerprint density at radius 2 is 1.53 bits per heavy atom. The molecule has 5 rings (SSSR count). The van der Waals surface area contributed by atoms with Crippen LogP contribution in [0.1, 0.15) is 98.8 Å². The van der Waals surface area contributed by atoms with Gasteiger partial charge >= 0.3 is 5.97 Å². The molecule has 10 unspecified atom stereocenters. The summed E-state index contributed by atoms with van der Waals surface area (Å²) in [6.45, 7) is 17.7. The molecule has 4 nitrogen and oxygen atoms in total. The van der Waals surface area contributed by atoms with Crippen molar-refractivity contribution in [2.24, 2.45) is 57.2 Å². The molecular weight excluding hydrogens is 424 g/mol. The highest BCUT2D eigenvalue weighted by molar-refractivity contribution is 5.77. The molecule has 0 aliphatic heterocycles. The van der Waals surface area contributed by atoms with E-state index < -0.39 is 17.3 Å². The van der Waals surface area contributed by atoms with E-state index in [1.165, 1.54) is 38.5 Å². The highest BCUT2D eigenvalue weighted by Gasteiger charge is 2.69. The molecule has 0 heterocycles. The topological polar surface area (TPSA) is 77.8 Å². The minimum atomic E-state index is -0.965. The maximum absolute atomic E-state index is 12.8. The lowest BCUT2D eigenvalue weighted by Crippen LogP contribution is -2.65. The molecule has 4 fully saturated rings. The van der Waals surface area contributed by atoms with Crippen LogP contribution < -0.4 is 0 Å². The Balaban J connectivity index is 0.00000133. The van der Waals surface area contributed by atoms with Gasteiger partial charge in [0.05, 0.1) is 5.41 Å². The molecule has 0 bridgehead atoms. The van der Waals surface area contributed by atoms with Gasteiger partial charge in [-0.1, -0.05) is 41.0 Å². The van der Waals surface area contributed by atoms with Crippen LogP contribution >= 0.6 is 0 Å². The quantitative estimate of drug-likeness (QED) is 0.339. The lowest BCUT2D eigenvalue weighted by Gasteiger charge is -2.70. The first kappa shape index (κ1) is 25.6. The summed E-state index contributed by atoms with van der Waals surface area (Å²) in [5.74, 6) is 1.36. The van der Waals surface area contributed by atoms with Crippen molar-refractivity contribution in [1.29, 1.82) is 0 Å². The molecule has 0 saturated heterocycles. The second-order valence-electron chi connectivity index (χ2n) is 13.5.